The summed E-state index contributed by atoms with van der Waals surface area (Å²) in [7, 11) is 0. The molecule has 0 spiro atoms. The molecule has 0 aliphatic heterocycles. The van der Waals surface area contributed by atoms with Gasteiger partial charge in [-0.05, 0) is 12.8 Å². The van der Waals surface area contributed by atoms with Gasteiger partial charge in [-0.3, -0.25) is 0 Å². The van der Waals surface area contributed by atoms with Crippen LogP contribution in [0.3, 0.4) is 0 Å². The summed E-state index contributed by atoms with van der Waals surface area (Å²) in [4.78, 5) is 0. The van der Waals surface area contributed by atoms with Gasteiger partial charge in [0.05, 0.1) is 0 Å². The third-order valence-corrected chi connectivity index (χ3v) is 1.53. The van der Waals surface area contributed by atoms with Crippen molar-refractivity contribution in [2.45, 2.75) is 12.8 Å². The fourth-order valence-corrected chi connectivity index (χ4v) is 0.914. The highest BCUT2D eigenvalue weighted by Crippen LogP contribution is 1.93. The third-order valence-electron chi connectivity index (χ3n) is 1.53. The molecular formula is C12H14. The molecular weight excluding hydrogens is 144 g/mol. The van der Waals surface area contributed by atoms with Gasteiger partial charge in [0.1, 0.15) is 0 Å². The molecule has 0 bridgehead atoms. The average molecular weight is 158 g/mol. The summed E-state index contributed by atoms with van der Waals surface area (Å²) < 4.78 is 0. The lowest BCUT2D eigenvalue weighted by Crippen LogP contribution is -1.61. The molecule has 1 aliphatic carbocycles. The summed E-state index contributed by atoms with van der Waals surface area (Å²) in [6.45, 7) is 0. The summed E-state index contributed by atoms with van der Waals surface area (Å²) in [6.07, 6.45) is 23.0. The molecule has 0 radical (unpaired) electrons. The second kappa shape index (κ2) is 6.41. The molecule has 0 saturated heterocycles. The third kappa shape index (κ3) is 4.51. The molecule has 0 unspecified atom stereocenters. The first-order valence-electron chi connectivity index (χ1n) is 4.30. The molecule has 0 fully saturated rings. The van der Waals surface area contributed by atoms with Crippen molar-refractivity contribution in [2.24, 2.45) is 0 Å². The average Bonchev–Trinajstić information content (AvgIpc) is 2.05. The van der Waals surface area contributed by atoms with E-state index in [2.05, 4.69) is 60.8 Å². The summed E-state index contributed by atoms with van der Waals surface area (Å²) in [6, 6.07) is 0. The van der Waals surface area contributed by atoms with E-state index >= 15 is 0 Å². The summed E-state index contributed by atoms with van der Waals surface area (Å²) >= 11 is 0. The monoisotopic (exact) mass is 158 g/mol. The van der Waals surface area contributed by atoms with Gasteiger partial charge in [-0.1, -0.05) is 60.8 Å². The fourth-order valence-electron chi connectivity index (χ4n) is 0.914. The van der Waals surface area contributed by atoms with E-state index in [1.807, 2.05) is 0 Å². The highest BCUT2D eigenvalue weighted by molar-refractivity contribution is 5.15. The zero-order chi connectivity index (χ0) is 8.49. The Morgan fingerprint density at radius 3 is 1.17 bits per heavy atom. The smallest absolute Gasteiger partial charge is 0.0163 e. The van der Waals surface area contributed by atoms with E-state index in [9.17, 15) is 0 Å². The highest BCUT2D eigenvalue weighted by Gasteiger charge is 1.71. The molecule has 0 amide bonds. The predicted molar refractivity (Wildman–Crippen MR) is 54.9 cm³/mol. The predicted octanol–water partition coefficient (Wildman–Crippen LogP) is 3.56. The summed E-state index contributed by atoms with van der Waals surface area (Å²) in [5, 5.41) is 0. The molecule has 0 aromatic carbocycles. The van der Waals surface area contributed by atoms with Crippen LogP contribution in [0, 0.1) is 0 Å². The van der Waals surface area contributed by atoms with Gasteiger partial charge in [0.15, 0.2) is 0 Å². The number of rotatable bonds is 0. The Hall–Kier alpha value is -1.30. The molecule has 0 nitrogen and oxygen atoms in total. The van der Waals surface area contributed by atoms with Crippen LogP contribution in [0.1, 0.15) is 12.8 Å². The van der Waals surface area contributed by atoms with Crippen LogP contribution < -0.4 is 0 Å². The lowest BCUT2D eigenvalue weighted by molar-refractivity contribution is 1.37. The van der Waals surface area contributed by atoms with Gasteiger partial charge in [0, 0.05) is 0 Å². The zero-order valence-corrected chi connectivity index (χ0v) is 7.19. The van der Waals surface area contributed by atoms with Gasteiger partial charge in [-0.2, -0.15) is 0 Å². The quantitative estimate of drug-likeness (QED) is 0.505. The second-order valence-electron chi connectivity index (χ2n) is 2.57. The van der Waals surface area contributed by atoms with E-state index in [4.69, 9.17) is 0 Å². The van der Waals surface area contributed by atoms with Crippen molar-refractivity contribution < 1.29 is 0 Å². The van der Waals surface area contributed by atoms with Crippen LogP contribution in [0.25, 0.3) is 0 Å². The topological polar surface area (TPSA) is 0 Å². The Labute approximate surface area is 74.3 Å². The lowest BCUT2D eigenvalue weighted by atomic mass is 10.2. The van der Waals surface area contributed by atoms with Crippen LogP contribution in [-0.2, 0) is 0 Å². The van der Waals surface area contributed by atoms with Gasteiger partial charge in [-0.15, -0.1) is 0 Å². The Bertz CT molecular complexity index is 211. The first-order valence-corrected chi connectivity index (χ1v) is 4.30. The van der Waals surface area contributed by atoms with Crippen molar-refractivity contribution in [3.05, 3.63) is 60.8 Å². The summed E-state index contributed by atoms with van der Waals surface area (Å²) in [5.74, 6) is 0. The normalized spacial score (nSPS) is 28.0. The van der Waals surface area contributed by atoms with Crippen LogP contribution in [0.5, 0.6) is 0 Å². The largest absolute Gasteiger partial charge is 0.0808 e. The van der Waals surface area contributed by atoms with Crippen LogP contribution in [0.2, 0.25) is 0 Å². The van der Waals surface area contributed by atoms with E-state index in [0.717, 1.165) is 12.8 Å². The van der Waals surface area contributed by atoms with Crippen LogP contribution in [0.15, 0.2) is 60.8 Å². The SMILES string of the molecule is C1=CC/C=C/C=C\C=C\C/C=C/1. The van der Waals surface area contributed by atoms with Gasteiger partial charge >= 0.3 is 0 Å². The van der Waals surface area contributed by atoms with Crippen molar-refractivity contribution in [1.82, 2.24) is 0 Å². The molecule has 0 aromatic heterocycles. The Morgan fingerprint density at radius 1 is 0.417 bits per heavy atom. The number of hydrogen-bond acceptors (Lipinski definition) is 0. The number of hydrogen-bond donors (Lipinski definition) is 0. The Morgan fingerprint density at radius 2 is 0.750 bits per heavy atom. The standard InChI is InChI=1S/C12H14/c1-2-4-6-8-10-12-11-9-7-5-3-1/h1-6,9-12H,7-8H2/b2-1-,5-3+,6-4+,11-9+,12-10?. The number of allylic oxidation sites excluding steroid dienone is 10. The van der Waals surface area contributed by atoms with Crippen LogP contribution in [-0.4, -0.2) is 0 Å². The molecule has 0 heterocycles. The van der Waals surface area contributed by atoms with E-state index in [1.165, 1.54) is 0 Å². The van der Waals surface area contributed by atoms with Crippen molar-refractivity contribution in [1.29, 1.82) is 0 Å². The zero-order valence-electron chi connectivity index (χ0n) is 7.19. The van der Waals surface area contributed by atoms with Crippen LogP contribution >= 0.6 is 0 Å². The molecule has 0 atom stereocenters. The minimum Gasteiger partial charge on any atom is -0.0808 e. The van der Waals surface area contributed by atoms with Crippen molar-refractivity contribution in [3.8, 4) is 0 Å². The maximum atomic E-state index is 2.14. The molecule has 0 aromatic rings. The van der Waals surface area contributed by atoms with E-state index in [-0.39, 0.29) is 0 Å². The maximum absolute atomic E-state index is 2.14. The van der Waals surface area contributed by atoms with E-state index < -0.39 is 0 Å². The van der Waals surface area contributed by atoms with Gasteiger partial charge in [0.2, 0.25) is 0 Å². The minimum atomic E-state index is 1.01. The molecule has 0 N–H and O–H groups in total. The first-order chi connectivity index (χ1) is 6.00. The van der Waals surface area contributed by atoms with Crippen molar-refractivity contribution in [3.63, 3.8) is 0 Å². The Balaban J connectivity index is 2.55. The van der Waals surface area contributed by atoms with E-state index in [1.54, 1.807) is 0 Å². The Kier molecular flexibility index (Phi) is 4.70. The van der Waals surface area contributed by atoms with Crippen LogP contribution in [0.4, 0.5) is 0 Å². The molecule has 1 rings (SSSR count). The van der Waals surface area contributed by atoms with Gasteiger partial charge in [0.25, 0.3) is 0 Å². The molecule has 0 saturated carbocycles. The van der Waals surface area contributed by atoms with Gasteiger partial charge < -0.3 is 0 Å². The maximum Gasteiger partial charge on any atom is -0.0163 e. The fraction of sp³-hybridized carbons (Fsp3) is 0.167. The molecule has 62 valence electrons. The van der Waals surface area contributed by atoms with Crippen molar-refractivity contribution >= 4 is 0 Å². The lowest BCUT2D eigenvalue weighted by Gasteiger charge is -1.82. The van der Waals surface area contributed by atoms with Crippen molar-refractivity contribution in [2.75, 3.05) is 0 Å². The molecule has 0 heteroatoms. The molecule has 12 heavy (non-hydrogen) atoms. The summed E-state index contributed by atoms with van der Waals surface area (Å²) in [5.41, 5.74) is 0. The minimum absolute atomic E-state index is 1.01. The van der Waals surface area contributed by atoms with E-state index in [0.29, 0.717) is 0 Å². The van der Waals surface area contributed by atoms with Gasteiger partial charge in [-0.25, -0.2) is 0 Å². The molecule has 1 aliphatic rings. The first kappa shape index (κ1) is 8.79. The highest BCUT2D eigenvalue weighted by atomic mass is 13.8. The second-order valence-corrected chi connectivity index (χ2v) is 2.57.